The molecule has 23 heavy (non-hydrogen) atoms. The van der Waals surface area contributed by atoms with Gasteiger partial charge in [0, 0.05) is 16.8 Å². The largest absolute Gasteiger partial charge is 0.478 e. The minimum absolute atomic E-state index is 0.0498. The highest BCUT2D eigenvalue weighted by molar-refractivity contribution is 6.14. The monoisotopic (exact) mass is 313 g/mol. The first-order valence-electron chi connectivity index (χ1n) is 6.93. The highest BCUT2D eigenvalue weighted by atomic mass is 16.5. The Balaban J connectivity index is 2.21. The van der Waals surface area contributed by atoms with Crippen LogP contribution in [-0.4, -0.2) is 29.6 Å². The number of carboxylic acids is 1. The van der Waals surface area contributed by atoms with Gasteiger partial charge in [-0.25, -0.2) is 9.59 Å². The molecule has 2 rings (SSSR count). The summed E-state index contributed by atoms with van der Waals surface area (Å²) in [7, 11) is 0. The number of carbonyl (C=O) groups is 3. The molecule has 0 aromatic heterocycles. The van der Waals surface area contributed by atoms with E-state index in [0.717, 1.165) is 0 Å². The summed E-state index contributed by atoms with van der Waals surface area (Å²) >= 11 is 0. The summed E-state index contributed by atoms with van der Waals surface area (Å²) in [5, 5.41) is 11.7. The number of carbonyl (C=O) groups excluding carboxylic acids is 2. The SMILES string of the molecule is CCOC(=O)Nc1ccc(C(=O)c2ccccc2C(=O)O)cc1. The van der Waals surface area contributed by atoms with E-state index in [1.165, 1.54) is 24.3 Å². The van der Waals surface area contributed by atoms with Crippen molar-refractivity contribution in [3.05, 3.63) is 65.2 Å². The fourth-order valence-corrected chi connectivity index (χ4v) is 2.01. The molecule has 0 aliphatic heterocycles. The average molecular weight is 313 g/mol. The highest BCUT2D eigenvalue weighted by Crippen LogP contribution is 2.17. The van der Waals surface area contributed by atoms with Crippen LogP contribution < -0.4 is 5.32 Å². The molecule has 6 heteroatoms. The fourth-order valence-electron chi connectivity index (χ4n) is 2.01. The number of benzene rings is 2. The molecular formula is C17H15NO5. The maximum atomic E-state index is 12.4. The number of carboxylic acid groups (broad SMARTS) is 1. The van der Waals surface area contributed by atoms with Crippen molar-refractivity contribution in [2.45, 2.75) is 6.92 Å². The topological polar surface area (TPSA) is 92.7 Å². The van der Waals surface area contributed by atoms with Gasteiger partial charge in [0.2, 0.25) is 0 Å². The quantitative estimate of drug-likeness (QED) is 0.827. The molecule has 0 spiro atoms. The Morgan fingerprint density at radius 1 is 1.00 bits per heavy atom. The Bertz CT molecular complexity index is 737. The van der Waals surface area contributed by atoms with Crippen molar-refractivity contribution in [2.75, 3.05) is 11.9 Å². The Hall–Kier alpha value is -3.15. The lowest BCUT2D eigenvalue weighted by Gasteiger charge is -2.07. The zero-order chi connectivity index (χ0) is 16.8. The molecule has 2 aromatic carbocycles. The minimum Gasteiger partial charge on any atom is -0.478 e. The van der Waals surface area contributed by atoms with Gasteiger partial charge in [-0.1, -0.05) is 18.2 Å². The van der Waals surface area contributed by atoms with Crippen LogP contribution in [0.4, 0.5) is 10.5 Å². The van der Waals surface area contributed by atoms with Crippen molar-refractivity contribution < 1.29 is 24.2 Å². The fraction of sp³-hybridized carbons (Fsp3) is 0.118. The summed E-state index contributed by atoms with van der Waals surface area (Å²) in [6.45, 7) is 1.95. The molecule has 0 aliphatic carbocycles. The summed E-state index contributed by atoms with van der Waals surface area (Å²) in [5.74, 6) is -1.56. The molecular weight excluding hydrogens is 298 g/mol. The van der Waals surface area contributed by atoms with Gasteiger partial charge in [0.1, 0.15) is 0 Å². The smallest absolute Gasteiger partial charge is 0.411 e. The Morgan fingerprint density at radius 2 is 1.61 bits per heavy atom. The van der Waals surface area contributed by atoms with E-state index in [1.807, 2.05) is 0 Å². The molecule has 0 aliphatic rings. The van der Waals surface area contributed by atoms with Gasteiger partial charge in [-0.15, -0.1) is 0 Å². The average Bonchev–Trinajstić information content (AvgIpc) is 2.55. The van der Waals surface area contributed by atoms with Crippen LogP contribution in [-0.2, 0) is 4.74 Å². The van der Waals surface area contributed by atoms with E-state index in [9.17, 15) is 14.4 Å². The van der Waals surface area contributed by atoms with Crippen molar-refractivity contribution in [1.29, 1.82) is 0 Å². The predicted octanol–water partition coefficient (Wildman–Crippen LogP) is 3.18. The van der Waals surface area contributed by atoms with Crippen LogP contribution >= 0.6 is 0 Å². The lowest BCUT2D eigenvalue weighted by molar-refractivity contribution is 0.0692. The van der Waals surface area contributed by atoms with Gasteiger partial charge >= 0.3 is 12.1 Å². The van der Waals surface area contributed by atoms with Crippen molar-refractivity contribution in [2.24, 2.45) is 0 Å². The molecule has 0 saturated heterocycles. The van der Waals surface area contributed by atoms with Crippen LogP contribution in [0.1, 0.15) is 33.2 Å². The van der Waals surface area contributed by atoms with Gasteiger partial charge in [-0.05, 0) is 37.3 Å². The van der Waals surface area contributed by atoms with Gasteiger partial charge in [0.15, 0.2) is 5.78 Å². The molecule has 0 atom stereocenters. The number of ketones is 1. The first-order chi connectivity index (χ1) is 11.0. The Labute approximate surface area is 132 Å². The van der Waals surface area contributed by atoms with Crippen LogP contribution in [0, 0.1) is 0 Å². The van der Waals surface area contributed by atoms with Crippen molar-refractivity contribution in [3.8, 4) is 0 Å². The normalized spacial score (nSPS) is 9.96. The van der Waals surface area contributed by atoms with E-state index in [1.54, 1.807) is 31.2 Å². The number of nitrogens with one attached hydrogen (secondary N) is 1. The third-order valence-corrected chi connectivity index (χ3v) is 3.07. The van der Waals surface area contributed by atoms with Gasteiger partial charge in [-0.2, -0.15) is 0 Å². The van der Waals surface area contributed by atoms with Crippen LogP contribution in [0.2, 0.25) is 0 Å². The number of anilines is 1. The maximum Gasteiger partial charge on any atom is 0.411 e. The second kappa shape index (κ2) is 7.22. The molecule has 118 valence electrons. The lowest BCUT2D eigenvalue weighted by atomic mass is 9.98. The second-order valence-corrected chi connectivity index (χ2v) is 4.60. The van der Waals surface area contributed by atoms with Gasteiger partial charge in [0.05, 0.1) is 12.2 Å². The molecule has 0 heterocycles. The van der Waals surface area contributed by atoms with Crippen molar-refractivity contribution in [3.63, 3.8) is 0 Å². The van der Waals surface area contributed by atoms with E-state index < -0.39 is 17.8 Å². The Morgan fingerprint density at radius 3 is 2.17 bits per heavy atom. The third-order valence-electron chi connectivity index (χ3n) is 3.07. The molecule has 0 radical (unpaired) electrons. The summed E-state index contributed by atoms with van der Waals surface area (Å²) in [6.07, 6.45) is -0.581. The van der Waals surface area contributed by atoms with E-state index in [4.69, 9.17) is 9.84 Å². The van der Waals surface area contributed by atoms with Crippen LogP contribution in [0.25, 0.3) is 0 Å². The first-order valence-corrected chi connectivity index (χ1v) is 6.93. The van der Waals surface area contributed by atoms with E-state index in [2.05, 4.69) is 5.32 Å². The van der Waals surface area contributed by atoms with Crippen molar-refractivity contribution in [1.82, 2.24) is 0 Å². The van der Waals surface area contributed by atoms with E-state index in [0.29, 0.717) is 11.3 Å². The summed E-state index contributed by atoms with van der Waals surface area (Å²) in [6, 6.07) is 12.2. The molecule has 1 amide bonds. The second-order valence-electron chi connectivity index (χ2n) is 4.60. The third kappa shape index (κ3) is 3.94. The molecule has 0 saturated carbocycles. The van der Waals surface area contributed by atoms with Crippen LogP contribution in [0.3, 0.4) is 0 Å². The number of hydrogen-bond acceptors (Lipinski definition) is 4. The molecule has 2 aromatic rings. The van der Waals surface area contributed by atoms with Crippen molar-refractivity contribution >= 4 is 23.5 Å². The lowest BCUT2D eigenvalue weighted by Crippen LogP contribution is -2.13. The summed E-state index contributed by atoms with van der Waals surface area (Å²) in [5.41, 5.74) is 0.872. The zero-order valence-corrected chi connectivity index (χ0v) is 12.4. The number of ether oxygens (including phenoxy) is 1. The number of rotatable bonds is 5. The molecule has 0 unspecified atom stereocenters. The van der Waals surface area contributed by atoms with E-state index >= 15 is 0 Å². The standard InChI is InChI=1S/C17H15NO5/c1-2-23-17(22)18-12-9-7-11(8-10-12)15(19)13-5-3-4-6-14(13)16(20)21/h3-10H,2H2,1H3,(H,18,22)(H,20,21). The maximum absolute atomic E-state index is 12.4. The number of hydrogen-bond donors (Lipinski definition) is 2. The summed E-state index contributed by atoms with van der Waals surface area (Å²) in [4.78, 5) is 34.9. The van der Waals surface area contributed by atoms with E-state index in [-0.39, 0.29) is 17.7 Å². The van der Waals surface area contributed by atoms with Gasteiger partial charge in [0.25, 0.3) is 0 Å². The van der Waals surface area contributed by atoms with Crippen LogP contribution in [0.5, 0.6) is 0 Å². The zero-order valence-electron chi connectivity index (χ0n) is 12.4. The summed E-state index contributed by atoms with van der Waals surface area (Å²) < 4.78 is 4.75. The highest BCUT2D eigenvalue weighted by Gasteiger charge is 2.17. The number of amides is 1. The first kappa shape index (κ1) is 16.2. The molecule has 6 nitrogen and oxygen atoms in total. The Kier molecular flexibility index (Phi) is 5.09. The number of aromatic carboxylic acids is 1. The minimum atomic E-state index is -1.16. The molecule has 0 bridgehead atoms. The van der Waals surface area contributed by atoms with Crippen LogP contribution in [0.15, 0.2) is 48.5 Å². The molecule has 0 fully saturated rings. The van der Waals surface area contributed by atoms with Gasteiger partial charge in [-0.3, -0.25) is 10.1 Å². The molecule has 2 N–H and O–H groups in total. The predicted molar refractivity (Wildman–Crippen MR) is 83.9 cm³/mol. The van der Waals surface area contributed by atoms with Gasteiger partial charge < -0.3 is 9.84 Å².